The Morgan fingerprint density at radius 2 is 2.05 bits per heavy atom. The largest absolute Gasteiger partial charge is 0.375 e. The molecule has 1 aromatic carbocycles. The summed E-state index contributed by atoms with van der Waals surface area (Å²) in [6, 6.07) is 11.4. The highest BCUT2D eigenvalue weighted by Crippen LogP contribution is 2.43. The number of rotatable bonds is 4. The average Bonchev–Trinajstić information content (AvgIpc) is 2.54. The van der Waals surface area contributed by atoms with Crippen molar-refractivity contribution in [3.05, 3.63) is 35.9 Å². The van der Waals surface area contributed by atoms with E-state index in [0.29, 0.717) is 12.0 Å². The minimum absolute atomic E-state index is 0.177. The summed E-state index contributed by atoms with van der Waals surface area (Å²) < 4.78 is 6.26. The molecular formula is C18H27NOS. The molecule has 2 heterocycles. The number of benzene rings is 1. The van der Waals surface area contributed by atoms with Gasteiger partial charge in [-0.05, 0) is 55.2 Å². The molecule has 0 aromatic heterocycles. The maximum atomic E-state index is 6.26. The van der Waals surface area contributed by atoms with Crippen LogP contribution in [0.2, 0.25) is 0 Å². The third kappa shape index (κ3) is 3.64. The van der Waals surface area contributed by atoms with Gasteiger partial charge in [0, 0.05) is 12.6 Å². The van der Waals surface area contributed by atoms with Crippen LogP contribution in [0.15, 0.2) is 30.3 Å². The zero-order valence-electron chi connectivity index (χ0n) is 13.0. The van der Waals surface area contributed by atoms with Gasteiger partial charge < -0.3 is 10.1 Å². The minimum Gasteiger partial charge on any atom is -0.375 e. The highest BCUT2D eigenvalue weighted by Gasteiger charge is 2.41. The molecule has 0 bridgehead atoms. The molecule has 0 saturated carbocycles. The molecule has 2 fully saturated rings. The van der Waals surface area contributed by atoms with Gasteiger partial charge in [0.05, 0.1) is 5.60 Å². The van der Waals surface area contributed by atoms with Crippen molar-refractivity contribution in [3.63, 3.8) is 0 Å². The van der Waals surface area contributed by atoms with E-state index in [1.54, 1.807) is 0 Å². The molecule has 3 rings (SSSR count). The summed E-state index contributed by atoms with van der Waals surface area (Å²) in [4.78, 5) is 0. The first-order valence-electron chi connectivity index (χ1n) is 8.33. The lowest BCUT2D eigenvalue weighted by atomic mass is 9.77. The lowest BCUT2D eigenvalue weighted by molar-refractivity contribution is -0.107. The maximum Gasteiger partial charge on any atom is 0.0701 e. The molecule has 2 nitrogen and oxygen atoms in total. The second kappa shape index (κ2) is 7.17. The molecule has 1 aromatic rings. The molecule has 21 heavy (non-hydrogen) atoms. The van der Waals surface area contributed by atoms with Crippen LogP contribution in [0.3, 0.4) is 0 Å². The standard InChI is InChI=1S/C18H27NOS/c1-2-19-17(15-6-4-3-5-7-15)16-8-11-20-18(14-16)9-12-21-13-10-18/h3-7,16-17,19H,2,8-14H2,1H3. The van der Waals surface area contributed by atoms with Crippen LogP contribution < -0.4 is 5.32 Å². The Morgan fingerprint density at radius 1 is 1.29 bits per heavy atom. The molecule has 2 unspecified atom stereocenters. The van der Waals surface area contributed by atoms with Crippen molar-refractivity contribution in [1.29, 1.82) is 0 Å². The summed E-state index contributed by atoms with van der Waals surface area (Å²) in [6.07, 6.45) is 4.88. The highest BCUT2D eigenvalue weighted by molar-refractivity contribution is 7.99. The summed E-state index contributed by atoms with van der Waals surface area (Å²) >= 11 is 2.08. The molecule has 2 saturated heterocycles. The number of hydrogen-bond acceptors (Lipinski definition) is 3. The average molecular weight is 305 g/mol. The lowest BCUT2D eigenvalue weighted by Crippen LogP contribution is -2.45. The number of hydrogen-bond donors (Lipinski definition) is 1. The quantitative estimate of drug-likeness (QED) is 0.907. The van der Waals surface area contributed by atoms with Crippen molar-refractivity contribution in [2.45, 2.75) is 44.2 Å². The topological polar surface area (TPSA) is 21.3 Å². The van der Waals surface area contributed by atoms with Crippen LogP contribution in [0.1, 0.15) is 44.2 Å². The van der Waals surface area contributed by atoms with Gasteiger partial charge in [-0.15, -0.1) is 0 Å². The molecule has 2 aliphatic heterocycles. The van der Waals surface area contributed by atoms with Gasteiger partial charge in [0.25, 0.3) is 0 Å². The fraction of sp³-hybridized carbons (Fsp3) is 0.667. The molecule has 0 radical (unpaired) electrons. The van der Waals surface area contributed by atoms with E-state index in [1.807, 2.05) is 0 Å². The van der Waals surface area contributed by atoms with E-state index in [2.05, 4.69) is 54.3 Å². The van der Waals surface area contributed by atoms with E-state index in [4.69, 9.17) is 4.74 Å². The Bertz CT molecular complexity index is 425. The fourth-order valence-corrected chi connectivity index (χ4v) is 5.12. The Labute approximate surface area is 133 Å². The summed E-state index contributed by atoms with van der Waals surface area (Å²) in [7, 11) is 0. The van der Waals surface area contributed by atoms with Gasteiger partial charge in [0.15, 0.2) is 0 Å². The van der Waals surface area contributed by atoms with Crippen molar-refractivity contribution in [1.82, 2.24) is 5.32 Å². The Hall–Kier alpha value is -0.510. The third-order valence-electron chi connectivity index (χ3n) is 4.99. The summed E-state index contributed by atoms with van der Waals surface area (Å²) in [5.74, 6) is 3.23. The second-order valence-electron chi connectivity index (χ2n) is 6.34. The van der Waals surface area contributed by atoms with Gasteiger partial charge in [0.1, 0.15) is 0 Å². The van der Waals surface area contributed by atoms with Crippen LogP contribution in [0.5, 0.6) is 0 Å². The molecule has 0 aliphatic carbocycles. The molecule has 1 N–H and O–H groups in total. The fourth-order valence-electron chi connectivity index (χ4n) is 3.88. The SMILES string of the molecule is CCNC(c1ccccc1)C1CCOC2(CCSCC2)C1. The number of nitrogens with one attached hydrogen (secondary N) is 1. The first kappa shape index (κ1) is 15.4. The monoisotopic (exact) mass is 305 g/mol. The Balaban J connectivity index is 1.76. The van der Waals surface area contributed by atoms with Gasteiger partial charge in [0.2, 0.25) is 0 Å². The van der Waals surface area contributed by atoms with Crippen molar-refractivity contribution >= 4 is 11.8 Å². The molecule has 3 heteroatoms. The molecular weight excluding hydrogens is 278 g/mol. The molecule has 0 amide bonds. The second-order valence-corrected chi connectivity index (χ2v) is 7.57. The minimum atomic E-state index is 0.177. The number of ether oxygens (including phenoxy) is 1. The van der Waals surface area contributed by atoms with Crippen LogP contribution in [0.25, 0.3) is 0 Å². The Kier molecular flexibility index (Phi) is 5.25. The van der Waals surface area contributed by atoms with Crippen molar-refractivity contribution < 1.29 is 4.74 Å². The van der Waals surface area contributed by atoms with Gasteiger partial charge in [-0.25, -0.2) is 0 Å². The first-order chi connectivity index (χ1) is 10.3. The van der Waals surface area contributed by atoms with Gasteiger partial charge >= 0.3 is 0 Å². The van der Waals surface area contributed by atoms with Gasteiger partial charge in [-0.2, -0.15) is 11.8 Å². The van der Waals surface area contributed by atoms with Crippen molar-refractivity contribution in [3.8, 4) is 0 Å². The third-order valence-corrected chi connectivity index (χ3v) is 5.97. The van der Waals surface area contributed by atoms with E-state index >= 15 is 0 Å². The van der Waals surface area contributed by atoms with E-state index in [9.17, 15) is 0 Å². The zero-order valence-corrected chi connectivity index (χ0v) is 13.8. The number of thioether (sulfide) groups is 1. The predicted octanol–water partition coefficient (Wildman–Crippen LogP) is 4.03. The molecule has 2 aliphatic rings. The van der Waals surface area contributed by atoms with Crippen molar-refractivity contribution in [2.75, 3.05) is 24.7 Å². The van der Waals surface area contributed by atoms with Crippen LogP contribution in [-0.2, 0) is 4.74 Å². The maximum absolute atomic E-state index is 6.26. The van der Waals surface area contributed by atoms with Crippen LogP contribution >= 0.6 is 11.8 Å². The lowest BCUT2D eigenvalue weighted by Gasteiger charge is -2.45. The van der Waals surface area contributed by atoms with Crippen LogP contribution in [-0.4, -0.2) is 30.3 Å². The molecule has 116 valence electrons. The molecule has 2 atom stereocenters. The first-order valence-corrected chi connectivity index (χ1v) is 9.48. The van der Waals surface area contributed by atoms with Crippen LogP contribution in [0, 0.1) is 5.92 Å². The van der Waals surface area contributed by atoms with E-state index in [1.165, 1.54) is 42.8 Å². The van der Waals surface area contributed by atoms with Gasteiger partial charge in [-0.1, -0.05) is 37.3 Å². The van der Waals surface area contributed by atoms with E-state index < -0.39 is 0 Å². The van der Waals surface area contributed by atoms with Gasteiger partial charge in [-0.3, -0.25) is 0 Å². The molecule has 1 spiro atoms. The smallest absolute Gasteiger partial charge is 0.0701 e. The zero-order chi connectivity index (χ0) is 14.5. The summed E-state index contributed by atoms with van der Waals surface area (Å²) in [5, 5.41) is 3.73. The Morgan fingerprint density at radius 3 is 2.76 bits per heavy atom. The van der Waals surface area contributed by atoms with E-state index in [-0.39, 0.29) is 5.60 Å². The summed E-state index contributed by atoms with van der Waals surface area (Å²) in [5.41, 5.74) is 1.61. The highest BCUT2D eigenvalue weighted by atomic mass is 32.2. The van der Waals surface area contributed by atoms with Crippen LogP contribution in [0.4, 0.5) is 0 Å². The van der Waals surface area contributed by atoms with E-state index in [0.717, 1.165) is 13.2 Å². The predicted molar refractivity (Wildman–Crippen MR) is 90.8 cm³/mol. The summed E-state index contributed by atoms with van der Waals surface area (Å²) in [6.45, 7) is 4.17. The normalized spacial score (nSPS) is 26.6. The van der Waals surface area contributed by atoms with Crippen molar-refractivity contribution in [2.24, 2.45) is 5.92 Å².